The average molecular weight is 235 g/mol. The Morgan fingerprint density at radius 3 is 2.47 bits per heavy atom. The van der Waals surface area contributed by atoms with E-state index in [0.717, 1.165) is 12.8 Å². The van der Waals surface area contributed by atoms with E-state index in [1.807, 2.05) is 6.92 Å². The van der Waals surface area contributed by atoms with Gasteiger partial charge in [0.25, 0.3) is 0 Å². The average Bonchev–Trinajstić information content (AvgIpc) is 2.26. The van der Waals surface area contributed by atoms with Crippen LogP contribution in [0, 0.1) is 0 Å². The van der Waals surface area contributed by atoms with Crippen molar-refractivity contribution >= 4 is 23.3 Å². The molecule has 0 fully saturated rings. The lowest BCUT2D eigenvalue weighted by Crippen LogP contribution is -2.19. The first kappa shape index (κ1) is 13.0. The first-order chi connectivity index (χ1) is 8.11. The van der Waals surface area contributed by atoms with Gasteiger partial charge < -0.3 is 16.4 Å². The number of urea groups is 1. The molecule has 5 heteroatoms. The van der Waals surface area contributed by atoms with Crippen molar-refractivity contribution in [3.05, 3.63) is 24.3 Å². The van der Waals surface area contributed by atoms with Gasteiger partial charge in [-0.2, -0.15) is 0 Å². The number of hydrogen-bond donors (Lipinski definition) is 3. The lowest BCUT2D eigenvalue weighted by Gasteiger charge is -2.07. The molecule has 0 aliphatic carbocycles. The van der Waals surface area contributed by atoms with E-state index in [4.69, 9.17) is 5.73 Å². The Morgan fingerprint density at radius 2 is 1.88 bits per heavy atom. The van der Waals surface area contributed by atoms with E-state index >= 15 is 0 Å². The molecule has 1 aromatic rings. The van der Waals surface area contributed by atoms with Crippen molar-refractivity contribution in [2.24, 2.45) is 5.73 Å². The molecule has 0 unspecified atom stereocenters. The summed E-state index contributed by atoms with van der Waals surface area (Å²) in [6.07, 6.45) is 2.35. The summed E-state index contributed by atoms with van der Waals surface area (Å²) in [4.78, 5) is 22.1. The summed E-state index contributed by atoms with van der Waals surface area (Å²) in [5, 5.41) is 5.21. The zero-order valence-electron chi connectivity index (χ0n) is 9.82. The molecule has 0 aromatic heterocycles. The molecule has 0 radical (unpaired) electrons. The van der Waals surface area contributed by atoms with Crippen molar-refractivity contribution in [3.8, 4) is 0 Å². The second-order valence-corrected chi connectivity index (χ2v) is 3.72. The number of amides is 3. The van der Waals surface area contributed by atoms with Crippen LogP contribution in [0.2, 0.25) is 0 Å². The largest absolute Gasteiger partial charge is 0.351 e. The van der Waals surface area contributed by atoms with Crippen molar-refractivity contribution in [1.82, 2.24) is 0 Å². The number of rotatable bonds is 5. The molecule has 4 N–H and O–H groups in total. The lowest BCUT2D eigenvalue weighted by atomic mass is 10.2. The van der Waals surface area contributed by atoms with Crippen molar-refractivity contribution in [2.75, 3.05) is 10.6 Å². The summed E-state index contributed by atoms with van der Waals surface area (Å²) in [7, 11) is 0. The molecule has 0 saturated heterocycles. The first-order valence-electron chi connectivity index (χ1n) is 5.58. The van der Waals surface area contributed by atoms with Crippen LogP contribution in [0.3, 0.4) is 0 Å². The summed E-state index contributed by atoms with van der Waals surface area (Å²) in [6.45, 7) is 2.03. The van der Waals surface area contributed by atoms with Crippen LogP contribution in [-0.2, 0) is 4.79 Å². The monoisotopic (exact) mass is 235 g/mol. The molecule has 0 saturated carbocycles. The maximum atomic E-state index is 11.5. The van der Waals surface area contributed by atoms with Gasteiger partial charge in [0.05, 0.1) is 0 Å². The third-order valence-corrected chi connectivity index (χ3v) is 2.17. The molecule has 1 rings (SSSR count). The number of carbonyl (C=O) groups excluding carboxylic acids is 2. The molecule has 0 heterocycles. The van der Waals surface area contributed by atoms with Crippen LogP contribution in [-0.4, -0.2) is 11.9 Å². The van der Waals surface area contributed by atoms with E-state index in [-0.39, 0.29) is 5.91 Å². The number of carbonyl (C=O) groups is 2. The van der Waals surface area contributed by atoms with Gasteiger partial charge in [-0.15, -0.1) is 0 Å². The van der Waals surface area contributed by atoms with E-state index in [9.17, 15) is 9.59 Å². The Bertz CT molecular complexity index is 404. The van der Waals surface area contributed by atoms with Crippen molar-refractivity contribution in [3.63, 3.8) is 0 Å². The Kier molecular flexibility index (Phi) is 5.00. The standard InChI is InChI=1S/C12H17N3O2/c1-2-3-7-11(16)14-9-5-4-6-10(8-9)15-12(13)17/h4-6,8H,2-3,7H2,1H3,(H,14,16)(H3,13,15,17). The minimum atomic E-state index is -0.626. The highest BCUT2D eigenvalue weighted by atomic mass is 16.2. The summed E-state index contributed by atoms with van der Waals surface area (Å²) in [5.41, 5.74) is 6.22. The van der Waals surface area contributed by atoms with Crippen LogP contribution in [0.25, 0.3) is 0 Å². The predicted octanol–water partition coefficient (Wildman–Crippen LogP) is 2.31. The van der Waals surface area contributed by atoms with Gasteiger partial charge in [-0.05, 0) is 24.6 Å². The highest BCUT2D eigenvalue weighted by Gasteiger charge is 2.02. The van der Waals surface area contributed by atoms with E-state index in [2.05, 4.69) is 10.6 Å². The number of benzene rings is 1. The van der Waals surface area contributed by atoms with Crippen LogP contribution >= 0.6 is 0 Å². The lowest BCUT2D eigenvalue weighted by molar-refractivity contribution is -0.116. The number of nitrogens with two attached hydrogens (primary N) is 1. The third-order valence-electron chi connectivity index (χ3n) is 2.17. The summed E-state index contributed by atoms with van der Waals surface area (Å²) in [5.74, 6) is -0.0249. The molecule has 5 nitrogen and oxygen atoms in total. The van der Waals surface area contributed by atoms with Gasteiger partial charge in [0.15, 0.2) is 0 Å². The number of primary amides is 1. The third kappa shape index (κ3) is 5.01. The van der Waals surface area contributed by atoms with Gasteiger partial charge in [-0.25, -0.2) is 4.79 Å². The van der Waals surface area contributed by atoms with Crippen LogP contribution < -0.4 is 16.4 Å². The minimum absolute atomic E-state index is 0.0249. The van der Waals surface area contributed by atoms with Gasteiger partial charge in [0.1, 0.15) is 0 Å². The molecule has 0 aliphatic rings. The number of nitrogens with one attached hydrogen (secondary N) is 2. The van der Waals surface area contributed by atoms with Gasteiger partial charge in [0, 0.05) is 17.8 Å². The van der Waals surface area contributed by atoms with Crippen LogP contribution in [0.5, 0.6) is 0 Å². The van der Waals surface area contributed by atoms with Crippen LogP contribution in [0.1, 0.15) is 26.2 Å². The first-order valence-corrected chi connectivity index (χ1v) is 5.58. The maximum absolute atomic E-state index is 11.5. The van der Waals surface area contributed by atoms with Gasteiger partial charge in [0.2, 0.25) is 5.91 Å². The molecule has 3 amide bonds. The Hall–Kier alpha value is -2.04. The smallest absolute Gasteiger partial charge is 0.316 e. The normalized spacial score (nSPS) is 9.71. The van der Waals surface area contributed by atoms with E-state index < -0.39 is 6.03 Å². The number of anilines is 2. The van der Waals surface area contributed by atoms with Gasteiger partial charge in [-0.3, -0.25) is 4.79 Å². The number of hydrogen-bond acceptors (Lipinski definition) is 2. The SMILES string of the molecule is CCCCC(=O)Nc1cccc(NC(N)=O)c1. The second-order valence-electron chi connectivity index (χ2n) is 3.72. The van der Waals surface area contributed by atoms with E-state index in [0.29, 0.717) is 17.8 Å². The van der Waals surface area contributed by atoms with Crippen LogP contribution in [0.4, 0.5) is 16.2 Å². The van der Waals surface area contributed by atoms with E-state index in [1.54, 1.807) is 24.3 Å². The van der Waals surface area contributed by atoms with Crippen molar-refractivity contribution in [2.45, 2.75) is 26.2 Å². The second kappa shape index (κ2) is 6.52. The number of unbranched alkanes of at least 4 members (excludes halogenated alkanes) is 1. The molecule has 17 heavy (non-hydrogen) atoms. The van der Waals surface area contributed by atoms with Gasteiger partial charge in [-0.1, -0.05) is 19.4 Å². The maximum Gasteiger partial charge on any atom is 0.316 e. The van der Waals surface area contributed by atoms with E-state index in [1.165, 1.54) is 0 Å². The Balaban J connectivity index is 2.59. The fourth-order valence-electron chi connectivity index (χ4n) is 1.38. The highest BCUT2D eigenvalue weighted by molar-refractivity contribution is 5.93. The molecule has 92 valence electrons. The molecule has 0 spiro atoms. The van der Waals surface area contributed by atoms with Gasteiger partial charge >= 0.3 is 6.03 Å². The molecule has 0 atom stereocenters. The molecule has 0 bridgehead atoms. The minimum Gasteiger partial charge on any atom is -0.351 e. The topological polar surface area (TPSA) is 84.2 Å². The molecular weight excluding hydrogens is 218 g/mol. The molecular formula is C12H17N3O2. The zero-order chi connectivity index (χ0) is 12.7. The van der Waals surface area contributed by atoms with Crippen molar-refractivity contribution in [1.29, 1.82) is 0 Å². The van der Waals surface area contributed by atoms with Crippen molar-refractivity contribution < 1.29 is 9.59 Å². The quantitative estimate of drug-likeness (QED) is 0.731. The molecule has 0 aliphatic heterocycles. The molecule has 1 aromatic carbocycles. The summed E-state index contributed by atoms with van der Waals surface area (Å²) in [6, 6.07) is 6.23. The highest BCUT2D eigenvalue weighted by Crippen LogP contribution is 2.15. The Morgan fingerprint density at radius 1 is 1.24 bits per heavy atom. The predicted molar refractivity (Wildman–Crippen MR) is 67.8 cm³/mol. The fraction of sp³-hybridized carbons (Fsp3) is 0.333. The summed E-state index contributed by atoms with van der Waals surface area (Å²) >= 11 is 0. The zero-order valence-corrected chi connectivity index (χ0v) is 9.82. The summed E-state index contributed by atoms with van der Waals surface area (Å²) < 4.78 is 0. The fourth-order valence-corrected chi connectivity index (χ4v) is 1.38. The Labute approximate surface area is 100 Å². The van der Waals surface area contributed by atoms with Crippen LogP contribution in [0.15, 0.2) is 24.3 Å².